The van der Waals surface area contributed by atoms with Gasteiger partial charge in [0.2, 0.25) is 5.91 Å². The molecular weight excluding hydrogens is 304 g/mol. The summed E-state index contributed by atoms with van der Waals surface area (Å²) in [4.78, 5) is 23.5. The van der Waals surface area contributed by atoms with Gasteiger partial charge in [-0.15, -0.1) is 0 Å². The van der Waals surface area contributed by atoms with E-state index in [0.717, 1.165) is 16.5 Å². The molecule has 0 saturated carbocycles. The van der Waals surface area contributed by atoms with Crippen LogP contribution in [-0.4, -0.2) is 11.8 Å². The highest BCUT2D eigenvalue weighted by atomic mass is 16.3. The standard InChI is InChI=1S/C19H18N2O3/c1-11-4-9-17-16(10-11)12(2)18(24-17)19(23)21-15-7-5-14(6-8-15)20-13(3)22/h4-10H,1-3H3,(H,20,22)(H,21,23). The Morgan fingerprint density at radius 3 is 2.17 bits per heavy atom. The Bertz CT molecular complexity index is 924. The molecule has 0 saturated heterocycles. The minimum atomic E-state index is -0.298. The molecule has 0 radical (unpaired) electrons. The van der Waals surface area contributed by atoms with Crippen LogP contribution in [0.5, 0.6) is 0 Å². The number of furan rings is 1. The smallest absolute Gasteiger partial charge is 0.291 e. The number of anilines is 2. The normalized spacial score (nSPS) is 10.6. The lowest BCUT2D eigenvalue weighted by atomic mass is 10.1. The van der Waals surface area contributed by atoms with Crippen LogP contribution >= 0.6 is 0 Å². The first-order valence-corrected chi connectivity index (χ1v) is 7.63. The van der Waals surface area contributed by atoms with Gasteiger partial charge < -0.3 is 15.1 Å². The summed E-state index contributed by atoms with van der Waals surface area (Å²) >= 11 is 0. The van der Waals surface area contributed by atoms with Crippen LogP contribution in [0, 0.1) is 13.8 Å². The van der Waals surface area contributed by atoms with E-state index in [2.05, 4.69) is 10.6 Å². The second-order valence-corrected chi connectivity index (χ2v) is 5.77. The summed E-state index contributed by atoms with van der Waals surface area (Å²) < 4.78 is 5.70. The number of amides is 2. The number of fused-ring (bicyclic) bond motifs is 1. The van der Waals surface area contributed by atoms with Gasteiger partial charge in [0.15, 0.2) is 5.76 Å². The van der Waals surface area contributed by atoms with Crippen LogP contribution in [0.3, 0.4) is 0 Å². The van der Waals surface area contributed by atoms with E-state index in [1.54, 1.807) is 24.3 Å². The maximum Gasteiger partial charge on any atom is 0.291 e. The van der Waals surface area contributed by atoms with E-state index in [1.807, 2.05) is 32.0 Å². The SMILES string of the molecule is CC(=O)Nc1ccc(NC(=O)c2oc3ccc(C)cc3c2C)cc1. The Hall–Kier alpha value is -3.08. The predicted octanol–water partition coefficient (Wildman–Crippen LogP) is 4.26. The number of hydrogen-bond acceptors (Lipinski definition) is 3. The molecular formula is C19H18N2O3. The zero-order valence-electron chi connectivity index (χ0n) is 13.8. The molecule has 2 aromatic carbocycles. The summed E-state index contributed by atoms with van der Waals surface area (Å²) in [5, 5.41) is 6.43. The fraction of sp³-hybridized carbons (Fsp3) is 0.158. The quantitative estimate of drug-likeness (QED) is 0.757. The lowest BCUT2D eigenvalue weighted by molar-refractivity contribution is -0.114. The minimum absolute atomic E-state index is 0.139. The first-order valence-electron chi connectivity index (χ1n) is 7.63. The lowest BCUT2D eigenvalue weighted by Gasteiger charge is -2.06. The molecule has 0 spiro atoms. The molecule has 24 heavy (non-hydrogen) atoms. The molecule has 0 aliphatic heterocycles. The van der Waals surface area contributed by atoms with Crippen LogP contribution in [0.15, 0.2) is 46.9 Å². The predicted molar refractivity (Wildman–Crippen MR) is 94.4 cm³/mol. The Kier molecular flexibility index (Phi) is 4.08. The first kappa shape index (κ1) is 15.8. The number of carbonyl (C=O) groups excluding carboxylic acids is 2. The molecule has 0 fully saturated rings. The second-order valence-electron chi connectivity index (χ2n) is 5.77. The topological polar surface area (TPSA) is 71.3 Å². The van der Waals surface area contributed by atoms with E-state index in [1.165, 1.54) is 6.92 Å². The van der Waals surface area contributed by atoms with Crippen molar-refractivity contribution in [2.24, 2.45) is 0 Å². The molecule has 2 N–H and O–H groups in total. The molecule has 3 rings (SSSR count). The maximum atomic E-state index is 12.5. The van der Waals surface area contributed by atoms with Crippen LogP contribution in [0.25, 0.3) is 11.0 Å². The van der Waals surface area contributed by atoms with Gasteiger partial charge in [0.25, 0.3) is 5.91 Å². The van der Waals surface area contributed by atoms with Crippen molar-refractivity contribution >= 4 is 34.2 Å². The van der Waals surface area contributed by atoms with E-state index in [9.17, 15) is 9.59 Å². The summed E-state index contributed by atoms with van der Waals surface area (Å²) in [5.41, 5.74) is 3.94. The van der Waals surface area contributed by atoms with Gasteiger partial charge >= 0.3 is 0 Å². The Morgan fingerprint density at radius 2 is 1.54 bits per heavy atom. The molecule has 0 aliphatic carbocycles. The Morgan fingerprint density at radius 1 is 0.917 bits per heavy atom. The zero-order valence-corrected chi connectivity index (χ0v) is 13.8. The molecule has 2 amide bonds. The van der Waals surface area contributed by atoms with E-state index < -0.39 is 0 Å². The number of hydrogen-bond donors (Lipinski definition) is 2. The molecule has 5 heteroatoms. The van der Waals surface area contributed by atoms with Crippen LogP contribution in [0.1, 0.15) is 28.6 Å². The molecule has 122 valence electrons. The molecule has 3 aromatic rings. The van der Waals surface area contributed by atoms with Crippen LogP contribution < -0.4 is 10.6 Å². The number of carbonyl (C=O) groups is 2. The summed E-state index contributed by atoms with van der Waals surface area (Å²) in [6, 6.07) is 12.7. The highest BCUT2D eigenvalue weighted by molar-refractivity contribution is 6.06. The van der Waals surface area contributed by atoms with Crippen molar-refractivity contribution in [2.75, 3.05) is 10.6 Å². The van der Waals surface area contributed by atoms with Crippen molar-refractivity contribution in [3.63, 3.8) is 0 Å². The van der Waals surface area contributed by atoms with Crippen molar-refractivity contribution in [2.45, 2.75) is 20.8 Å². The number of aryl methyl sites for hydroxylation is 2. The number of rotatable bonds is 3. The van der Waals surface area contributed by atoms with Crippen LogP contribution in [0.2, 0.25) is 0 Å². The van der Waals surface area contributed by atoms with Crippen LogP contribution in [-0.2, 0) is 4.79 Å². The first-order chi connectivity index (χ1) is 11.4. The van der Waals surface area contributed by atoms with Gasteiger partial charge in [-0.3, -0.25) is 9.59 Å². The van der Waals surface area contributed by atoms with Gasteiger partial charge in [-0.1, -0.05) is 11.6 Å². The van der Waals surface area contributed by atoms with Crippen LogP contribution in [0.4, 0.5) is 11.4 Å². The zero-order chi connectivity index (χ0) is 17.3. The summed E-state index contributed by atoms with van der Waals surface area (Å²) in [5.74, 6) is -0.129. The van der Waals surface area contributed by atoms with E-state index in [0.29, 0.717) is 22.7 Å². The highest BCUT2D eigenvalue weighted by Crippen LogP contribution is 2.27. The largest absolute Gasteiger partial charge is 0.451 e. The molecule has 0 bridgehead atoms. The molecule has 0 atom stereocenters. The Labute approximate surface area is 139 Å². The van der Waals surface area contributed by atoms with E-state index in [-0.39, 0.29) is 11.8 Å². The average molecular weight is 322 g/mol. The third-order valence-corrected chi connectivity index (χ3v) is 3.76. The monoisotopic (exact) mass is 322 g/mol. The highest BCUT2D eigenvalue weighted by Gasteiger charge is 2.17. The van der Waals surface area contributed by atoms with Gasteiger partial charge in [-0.2, -0.15) is 0 Å². The average Bonchev–Trinajstić information content (AvgIpc) is 2.86. The van der Waals surface area contributed by atoms with Gasteiger partial charge in [0, 0.05) is 29.2 Å². The molecule has 1 aromatic heterocycles. The van der Waals surface area contributed by atoms with Crippen molar-refractivity contribution in [3.8, 4) is 0 Å². The van der Waals surface area contributed by atoms with E-state index in [4.69, 9.17) is 4.42 Å². The summed E-state index contributed by atoms with van der Waals surface area (Å²) in [7, 11) is 0. The van der Waals surface area contributed by atoms with Gasteiger partial charge in [-0.25, -0.2) is 0 Å². The van der Waals surface area contributed by atoms with E-state index >= 15 is 0 Å². The van der Waals surface area contributed by atoms with Gasteiger partial charge in [0.1, 0.15) is 5.58 Å². The van der Waals surface area contributed by atoms with Gasteiger partial charge in [-0.05, 0) is 50.2 Å². The maximum absolute atomic E-state index is 12.5. The molecule has 5 nitrogen and oxygen atoms in total. The summed E-state index contributed by atoms with van der Waals surface area (Å²) in [6.07, 6.45) is 0. The third kappa shape index (κ3) is 3.15. The van der Waals surface area contributed by atoms with Crippen molar-refractivity contribution in [1.29, 1.82) is 0 Å². The molecule has 0 aliphatic rings. The number of nitrogens with one attached hydrogen (secondary N) is 2. The van der Waals surface area contributed by atoms with Crippen molar-refractivity contribution in [3.05, 3.63) is 59.4 Å². The minimum Gasteiger partial charge on any atom is -0.451 e. The summed E-state index contributed by atoms with van der Waals surface area (Å²) in [6.45, 7) is 5.32. The molecule has 0 unspecified atom stereocenters. The fourth-order valence-corrected chi connectivity index (χ4v) is 2.58. The van der Waals surface area contributed by atoms with Crippen molar-refractivity contribution in [1.82, 2.24) is 0 Å². The fourth-order valence-electron chi connectivity index (χ4n) is 2.58. The van der Waals surface area contributed by atoms with Gasteiger partial charge in [0.05, 0.1) is 0 Å². The number of benzene rings is 2. The lowest BCUT2D eigenvalue weighted by Crippen LogP contribution is -2.12. The third-order valence-electron chi connectivity index (χ3n) is 3.76. The second kappa shape index (κ2) is 6.20. The Balaban J connectivity index is 1.82. The molecule has 1 heterocycles. The van der Waals surface area contributed by atoms with Crippen molar-refractivity contribution < 1.29 is 14.0 Å².